The largest absolute Gasteiger partial charge is 0.482 e. The molecule has 0 spiro atoms. The zero-order valence-electron chi connectivity index (χ0n) is 11.7. The minimum atomic E-state index is -0.931. The van der Waals surface area contributed by atoms with E-state index in [0.717, 1.165) is 16.3 Å². The summed E-state index contributed by atoms with van der Waals surface area (Å²) in [6.45, 7) is 5.90. The summed E-state index contributed by atoms with van der Waals surface area (Å²) in [6.07, 6.45) is 3.74. The van der Waals surface area contributed by atoms with Gasteiger partial charge in [-0.1, -0.05) is 24.3 Å². The van der Waals surface area contributed by atoms with Crippen LogP contribution < -0.4 is 4.74 Å². The number of fused-ring (bicyclic) bond motifs is 3. The van der Waals surface area contributed by atoms with Crippen molar-refractivity contribution >= 4 is 22.8 Å². The smallest absolute Gasteiger partial charge is 0.336 e. The molecular weight excluding hydrogens is 252 g/mol. The first-order valence-electron chi connectivity index (χ1n) is 6.57. The highest BCUT2D eigenvalue weighted by Gasteiger charge is 2.27. The van der Waals surface area contributed by atoms with Crippen molar-refractivity contribution in [3.8, 4) is 5.75 Å². The number of ether oxygens (including phenoxy) is 1. The molecule has 0 radical (unpaired) electrons. The average Bonchev–Trinajstić information content (AvgIpc) is 2.37. The molecule has 3 rings (SSSR count). The first-order chi connectivity index (χ1) is 9.39. The van der Waals surface area contributed by atoms with Crippen molar-refractivity contribution in [2.24, 2.45) is 0 Å². The molecule has 2 aromatic rings. The number of hydrogen-bond donors (Lipinski definition) is 1. The molecule has 1 heterocycles. The third-order valence-electron chi connectivity index (χ3n) is 3.64. The van der Waals surface area contributed by atoms with Crippen LogP contribution in [0.4, 0.5) is 0 Å². The standard InChI is InChI=1S/C17H16O3/c1-10-5-4-6-11-13(10)9-14(16(18)19)12-7-8-17(2,3)20-15(11)12/h4-9H,1-3H3,(H,18,19). The number of carboxylic acids is 1. The van der Waals surface area contributed by atoms with Crippen molar-refractivity contribution in [3.05, 3.63) is 47.0 Å². The number of benzene rings is 2. The zero-order valence-corrected chi connectivity index (χ0v) is 11.7. The fourth-order valence-corrected chi connectivity index (χ4v) is 2.59. The Labute approximate surface area is 117 Å². The maximum Gasteiger partial charge on any atom is 0.336 e. The van der Waals surface area contributed by atoms with Crippen LogP contribution in [-0.2, 0) is 0 Å². The van der Waals surface area contributed by atoms with Crippen LogP contribution in [0.5, 0.6) is 5.75 Å². The normalized spacial score (nSPS) is 15.8. The maximum absolute atomic E-state index is 11.5. The number of aryl methyl sites for hydroxylation is 1. The van der Waals surface area contributed by atoms with Crippen molar-refractivity contribution in [1.29, 1.82) is 0 Å². The van der Waals surface area contributed by atoms with Crippen LogP contribution >= 0.6 is 0 Å². The lowest BCUT2D eigenvalue weighted by molar-refractivity contribution is 0.0695. The van der Waals surface area contributed by atoms with E-state index in [1.165, 1.54) is 0 Å². The predicted molar refractivity (Wildman–Crippen MR) is 79.4 cm³/mol. The molecule has 0 unspecified atom stereocenters. The molecule has 0 amide bonds. The SMILES string of the molecule is Cc1cccc2c3c(c(C(=O)O)cc12)C=CC(C)(C)O3. The number of hydrogen-bond acceptors (Lipinski definition) is 2. The molecule has 1 aliphatic rings. The second kappa shape index (κ2) is 4.10. The van der Waals surface area contributed by atoms with Crippen molar-refractivity contribution in [1.82, 2.24) is 0 Å². The van der Waals surface area contributed by atoms with Crippen LogP contribution in [0.3, 0.4) is 0 Å². The Morgan fingerprint density at radius 1 is 1.25 bits per heavy atom. The van der Waals surface area contributed by atoms with Gasteiger partial charge in [-0.3, -0.25) is 0 Å². The fourth-order valence-electron chi connectivity index (χ4n) is 2.59. The Morgan fingerprint density at radius 2 is 2.00 bits per heavy atom. The van der Waals surface area contributed by atoms with E-state index in [-0.39, 0.29) is 5.56 Å². The quantitative estimate of drug-likeness (QED) is 0.849. The molecule has 0 saturated heterocycles. The molecule has 3 nitrogen and oxygen atoms in total. The van der Waals surface area contributed by atoms with E-state index in [9.17, 15) is 9.90 Å². The zero-order chi connectivity index (χ0) is 14.5. The minimum absolute atomic E-state index is 0.286. The van der Waals surface area contributed by atoms with E-state index < -0.39 is 11.6 Å². The van der Waals surface area contributed by atoms with Gasteiger partial charge < -0.3 is 9.84 Å². The van der Waals surface area contributed by atoms with E-state index in [2.05, 4.69) is 0 Å². The van der Waals surface area contributed by atoms with Gasteiger partial charge in [0, 0.05) is 10.9 Å². The van der Waals surface area contributed by atoms with Gasteiger partial charge in [-0.05, 0) is 43.9 Å². The molecular formula is C17H16O3. The first-order valence-corrected chi connectivity index (χ1v) is 6.57. The lowest BCUT2D eigenvalue weighted by atomic mass is 9.93. The average molecular weight is 268 g/mol. The summed E-state index contributed by atoms with van der Waals surface area (Å²) in [5, 5.41) is 11.3. The Balaban J connectivity index is 2.44. The molecule has 1 N–H and O–H groups in total. The highest BCUT2D eigenvalue weighted by Crippen LogP contribution is 2.40. The summed E-state index contributed by atoms with van der Waals surface area (Å²) in [6, 6.07) is 7.65. The molecule has 0 atom stereocenters. The van der Waals surface area contributed by atoms with Gasteiger partial charge in [0.2, 0.25) is 0 Å². The third-order valence-corrected chi connectivity index (χ3v) is 3.64. The molecule has 102 valence electrons. The van der Waals surface area contributed by atoms with Crippen LogP contribution in [0.2, 0.25) is 0 Å². The highest BCUT2D eigenvalue weighted by molar-refractivity contribution is 6.04. The third kappa shape index (κ3) is 1.86. The topological polar surface area (TPSA) is 46.5 Å². The van der Waals surface area contributed by atoms with E-state index in [4.69, 9.17) is 4.74 Å². The van der Waals surface area contributed by atoms with Crippen molar-refractivity contribution in [2.75, 3.05) is 0 Å². The van der Waals surface area contributed by atoms with E-state index in [1.54, 1.807) is 6.07 Å². The Kier molecular flexibility index (Phi) is 2.61. The summed E-state index contributed by atoms with van der Waals surface area (Å²) in [5.74, 6) is -0.268. The Morgan fingerprint density at radius 3 is 2.70 bits per heavy atom. The lowest BCUT2D eigenvalue weighted by Crippen LogP contribution is -2.28. The molecule has 0 saturated carbocycles. The van der Waals surface area contributed by atoms with Crippen molar-refractivity contribution in [3.63, 3.8) is 0 Å². The summed E-state index contributed by atoms with van der Waals surface area (Å²) >= 11 is 0. The maximum atomic E-state index is 11.5. The van der Waals surface area contributed by atoms with Crippen LogP contribution in [0.1, 0.15) is 35.3 Å². The van der Waals surface area contributed by atoms with E-state index in [1.807, 2.05) is 51.1 Å². The highest BCUT2D eigenvalue weighted by atomic mass is 16.5. The molecule has 1 aliphatic heterocycles. The molecule has 3 heteroatoms. The van der Waals surface area contributed by atoms with E-state index in [0.29, 0.717) is 11.3 Å². The van der Waals surface area contributed by atoms with Crippen LogP contribution in [0, 0.1) is 6.92 Å². The number of carboxylic acid groups (broad SMARTS) is 1. The van der Waals surface area contributed by atoms with Gasteiger partial charge >= 0.3 is 5.97 Å². The van der Waals surface area contributed by atoms with E-state index >= 15 is 0 Å². The lowest BCUT2D eigenvalue weighted by Gasteiger charge is -2.29. The summed E-state index contributed by atoms with van der Waals surface area (Å²) < 4.78 is 6.03. The van der Waals surface area contributed by atoms with Crippen LogP contribution in [0.15, 0.2) is 30.3 Å². The second-order valence-corrected chi connectivity index (χ2v) is 5.68. The van der Waals surface area contributed by atoms with Gasteiger partial charge in [0.05, 0.1) is 5.56 Å². The number of rotatable bonds is 1. The molecule has 0 bridgehead atoms. The number of carbonyl (C=O) groups is 1. The van der Waals surface area contributed by atoms with Gasteiger partial charge in [0.1, 0.15) is 11.4 Å². The van der Waals surface area contributed by atoms with Crippen molar-refractivity contribution in [2.45, 2.75) is 26.4 Å². The van der Waals surface area contributed by atoms with Gasteiger partial charge in [-0.15, -0.1) is 0 Å². The molecule has 0 aliphatic carbocycles. The van der Waals surface area contributed by atoms with Crippen LogP contribution in [0.25, 0.3) is 16.8 Å². The van der Waals surface area contributed by atoms with Crippen LogP contribution in [-0.4, -0.2) is 16.7 Å². The monoisotopic (exact) mass is 268 g/mol. The molecule has 20 heavy (non-hydrogen) atoms. The fraction of sp³-hybridized carbons (Fsp3) is 0.235. The second-order valence-electron chi connectivity index (χ2n) is 5.68. The van der Waals surface area contributed by atoms with Gasteiger partial charge in [-0.2, -0.15) is 0 Å². The Bertz CT molecular complexity index is 754. The number of aromatic carboxylic acids is 1. The summed E-state index contributed by atoms with van der Waals surface area (Å²) in [7, 11) is 0. The summed E-state index contributed by atoms with van der Waals surface area (Å²) in [4.78, 5) is 11.5. The minimum Gasteiger partial charge on any atom is -0.482 e. The molecule has 2 aromatic carbocycles. The van der Waals surface area contributed by atoms with Gasteiger partial charge in [-0.25, -0.2) is 4.79 Å². The van der Waals surface area contributed by atoms with Gasteiger partial charge in [0.25, 0.3) is 0 Å². The first kappa shape index (κ1) is 12.7. The molecule has 0 aromatic heterocycles. The van der Waals surface area contributed by atoms with Gasteiger partial charge in [0.15, 0.2) is 0 Å². The molecule has 0 fully saturated rings. The Hall–Kier alpha value is -2.29. The van der Waals surface area contributed by atoms with Crippen molar-refractivity contribution < 1.29 is 14.6 Å². The predicted octanol–water partition coefficient (Wildman–Crippen LogP) is 4.03. The summed E-state index contributed by atoms with van der Waals surface area (Å²) in [5.41, 5.74) is 1.55.